The Labute approximate surface area is 148 Å². The Bertz CT molecular complexity index is 644. The van der Waals surface area contributed by atoms with Gasteiger partial charge in [0.15, 0.2) is 0 Å². The van der Waals surface area contributed by atoms with Crippen molar-refractivity contribution >= 4 is 39.3 Å². The van der Waals surface area contributed by atoms with E-state index in [0.29, 0.717) is 24.3 Å². The van der Waals surface area contributed by atoms with Crippen LogP contribution in [0, 0.1) is 29.6 Å². The molecule has 4 aliphatic rings. The minimum absolute atomic E-state index is 0.0682. The molecule has 4 aliphatic carbocycles. The van der Waals surface area contributed by atoms with Crippen molar-refractivity contribution in [1.29, 1.82) is 0 Å². The van der Waals surface area contributed by atoms with Crippen molar-refractivity contribution in [3.05, 3.63) is 16.0 Å². The molecule has 5 nitrogen and oxygen atoms in total. The minimum atomic E-state index is -0.0851. The van der Waals surface area contributed by atoms with Gasteiger partial charge in [0.25, 0.3) is 0 Å². The zero-order valence-electron chi connectivity index (χ0n) is 12.8. The van der Waals surface area contributed by atoms with Gasteiger partial charge in [-0.15, -0.1) is 0 Å². The molecule has 2 bridgehead atoms. The van der Waals surface area contributed by atoms with Crippen LogP contribution in [0.15, 0.2) is 10.7 Å². The molecule has 7 heteroatoms. The maximum Gasteiger partial charge on any atom is 0.311 e. The average molecular weight is 401 g/mol. The van der Waals surface area contributed by atoms with E-state index in [-0.39, 0.29) is 23.2 Å². The van der Waals surface area contributed by atoms with Gasteiger partial charge in [0.2, 0.25) is 5.28 Å². The van der Waals surface area contributed by atoms with E-state index in [4.69, 9.17) is 16.3 Å². The molecule has 4 saturated carbocycles. The first-order valence-electron chi connectivity index (χ1n) is 8.21. The van der Waals surface area contributed by atoms with Crippen molar-refractivity contribution in [3.63, 3.8) is 0 Å². The molecule has 0 unspecified atom stereocenters. The van der Waals surface area contributed by atoms with Crippen molar-refractivity contribution in [1.82, 2.24) is 9.97 Å². The SMILES string of the molecule is CCOC(=O)[C@H]1[C@H]2CC[C@H]([C@H]3C[C@H]32)[C@@H]1Nc1nc(Cl)ncc1Br. The minimum Gasteiger partial charge on any atom is -0.466 e. The number of ether oxygens (including phenoxy) is 1. The van der Waals surface area contributed by atoms with Crippen molar-refractivity contribution in [3.8, 4) is 0 Å². The number of hydrogen-bond acceptors (Lipinski definition) is 5. The Kier molecular flexibility index (Phi) is 4.00. The molecule has 6 atom stereocenters. The smallest absolute Gasteiger partial charge is 0.311 e. The summed E-state index contributed by atoms with van der Waals surface area (Å²) in [6.45, 7) is 2.29. The zero-order valence-corrected chi connectivity index (χ0v) is 15.2. The first-order chi connectivity index (χ1) is 11.1. The predicted molar refractivity (Wildman–Crippen MR) is 90.1 cm³/mol. The Morgan fingerprint density at radius 2 is 2.13 bits per heavy atom. The van der Waals surface area contributed by atoms with Gasteiger partial charge in [-0.05, 0) is 77.4 Å². The van der Waals surface area contributed by atoms with Crippen LogP contribution in [0.25, 0.3) is 0 Å². The first-order valence-corrected chi connectivity index (χ1v) is 9.38. The molecule has 0 spiro atoms. The normalized spacial score (nSPS) is 37.2. The molecule has 23 heavy (non-hydrogen) atoms. The number of nitrogens with one attached hydrogen (secondary N) is 1. The van der Waals surface area contributed by atoms with Crippen molar-refractivity contribution < 1.29 is 9.53 Å². The van der Waals surface area contributed by atoms with Gasteiger partial charge in [0.05, 0.1) is 17.0 Å². The highest BCUT2D eigenvalue weighted by Crippen LogP contribution is 2.64. The Morgan fingerprint density at radius 1 is 1.39 bits per heavy atom. The maximum absolute atomic E-state index is 12.6. The summed E-state index contributed by atoms with van der Waals surface area (Å²) in [5.41, 5.74) is 0. The van der Waals surface area contributed by atoms with Crippen LogP contribution < -0.4 is 5.32 Å². The topological polar surface area (TPSA) is 64.1 Å². The molecule has 0 saturated heterocycles. The Morgan fingerprint density at radius 3 is 2.91 bits per heavy atom. The molecular formula is C16H19BrClN3O2. The van der Waals surface area contributed by atoms with Crippen LogP contribution in [0.2, 0.25) is 5.28 Å². The lowest BCUT2D eigenvalue weighted by Gasteiger charge is -2.47. The quantitative estimate of drug-likeness (QED) is 0.619. The van der Waals surface area contributed by atoms with Gasteiger partial charge in [-0.1, -0.05) is 0 Å². The summed E-state index contributed by atoms with van der Waals surface area (Å²) < 4.78 is 6.14. The molecular weight excluding hydrogens is 382 g/mol. The number of halogens is 2. The summed E-state index contributed by atoms with van der Waals surface area (Å²) >= 11 is 9.39. The Balaban J connectivity index is 1.64. The highest BCUT2D eigenvalue weighted by molar-refractivity contribution is 9.10. The third-order valence-corrected chi connectivity index (χ3v) is 6.47. The number of nitrogens with zero attached hydrogens (tertiary/aromatic N) is 2. The molecule has 1 heterocycles. The fourth-order valence-corrected chi connectivity index (χ4v) is 5.26. The van der Waals surface area contributed by atoms with Gasteiger partial charge < -0.3 is 10.1 Å². The summed E-state index contributed by atoms with van der Waals surface area (Å²) in [5, 5.41) is 3.69. The van der Waals surface area contributed by atoms with Crippen LogP contribution in [0.5, 0.6) is 0 Å². The molecule has 1 N–H and O–H groups in total. The standard InChI is InChI=1S/C16H19BrClN3O2/c1-2-23-15(22)12-7-3-4-8(10-5-9(7)10)13(12)20-14-11(17)6-19-16(18)21-14/h6-10,12-13H,2-5H2,1H3,(H,19,20,21)/t7-,8+,9-,10+,12-,13-/m0/s1. The third-order valence-electron chi connectivity index (χ3n) is 5.71. The van der Waals surface area contributed by atoms with E-state index in [9.17, 15) is 4.79 Å². The number of anilines is 1. The predicted octanol–water partition coefficient (Wildman–Crippen LogP) is 3.53. The number of aromatic nitrogens is 2. The number of fused-ring (bicyclic) bond motifs is 2. The molecule has 1 aromatic heterocycles. The van der Waals surface area contributed by atoms with Gasteiger partial charge >= 0.3 is 5.97 Å². The summed E-state index contributed by atoms with van der Waals surface area (Å²) in [6.07, 6.45) is 5.21. The highest BCUT2D eigenvalue weighted by atomic mass is 79.9. The van der Waals surface area contributed by atoms with Gasteiger partial charge in [-0.3, -0.25) is 4.79 Å². The van der Waals surface area contributed by atoms with Crippen LogP contribution in [0.4, 0.5) is 5.82 Å². The lowest BCUT2D eigenvalue weighted by atomic mass is 9.61. The lowest BCUT2D eigenvalue weighted by Crippen LogP contribution is -2.53. The lowest BCUT2D eigenvalue weighted by molar-refractivity contribution is -0.155. The molecule has 0 aromatic carbocycles. The van der Waals surface area contributed by atoms with Crippen LogP contribution in [0.1, 0.15) is 26.2 Å². The van der Waals surface area contributed by atoms with Gasteiger partial charge in [0.1, 0.15) is 5.82 Å². The van der Waals surface area contributed by atoms with Crippen LogP contribution in [-0.2, 0) is 9.53 Å². The van der Waals surface area contributed by atoms with E-state index in [1.54, 1.807) is 6.20 Å². The maximum atomic E-state index is 12.6. The second-order valence-electron chi connectivity index (χ2n) is 6.75. The second kappa shape index (κ2) is 5.88. The van der Waals surface area contributed by atoms with Crippen molar-refractivity contribution in [2.24, 2.45) is 29.6 Å². The molecule has 0 amide bonds. The number of carbonyl (C=O) groups is 1. The van der Waals surface area contributed by atoms with Crippen LogP contribution in [0.3, 0.4) is 0 Å². The van der Waals surface area contributed by atoms with Gasteiger partial charge in [0, 0.05) is 12.2 Å². The molecule has 1 aromatic rings. The van der Waals surface area contributed by atoms with E-state index in [1.165, 1.54) is 12.8 Å². The van der Waals surface area contributed by atoms with E-state index in [2.05, 4.69) is 31.2 Å². The molecule has 0 radical (unpaired) electrons. The molecule has 5 rings (SSSR count). The highest BCUT2D eigenvalue weighted by Gasteiger charge is 2.63. The number of hydrogen-bond donors (Lipinski definition) is 1. The molecule has 124 valence electrons. The largest absolute Gasteiger partial charge is 0.466 e. The van der Waals surface area contributed by atoms with E-state index >= 15 is 0 Å². The number of rotatable bonds is 4. The molecule has 0 aliphatic heterocycles. The fraction of sp³-hybridized carbons (Fsp3) is 0.688. The molecule has 4 fully saturated rings. The van der Waals surface area contributed by atoms with Gasteiger partial charge in [-0.2, -0.15) is 4.98 Å². The fourth-order valence-electron chi connectivity index (χ4n) is 4.82. The van der Waals surface area contributed by atoms with E-state index in [1.807, 2.05) is 6.92 Å². The van der Waals surface area contributed by atoms with Crippen molar-refractivity contribution in [2.45, 2.75) is 32.2 Å². The second-order valence-corrected chi connectivity index (χ2v) is 7.94. The van der Waals surface area contributed by atoms with Crippen LogP contribution >= 0.6 is 27.5 Å². The van der Waals surface area contributed by atoms with Crippen LogP contribution in [-0.4, -0.2) is 28.6 Å². The third kappa shape index (κ3) is 2.64. The Hall–Kier alpha value is -0.880. The van der Waals surface area contributed by atoms with Crippen molar-refractivity contribution in [2.75, 3.05) is 11.9 Å². The summed E-state index contributed by atoms with van der Waals surface area (Å²) in [6, 6.07) is 0.0683. The zero-order chi connectivity index (χ0) is 16.1. The number of carbonyl (C=O) groups excluding carboxylic acids is 1. The summed E-state index contributed by atoms with van der Waals surface area (Å²) in [4.78, 5) is 20.8. The van der Waals surface area contributed by atoms with E-state index in [0.717, 1.165) is 22.7 Å². The summed E-state index contributed by atoms with van der Waals surface area (Å²) in [7, 11) is 0. The van der Waals surface area contributed by atoms with E-state index < -0.39 is 0 Å². The summed E-state index contributed by atoms with van der Waals surface area (Å²) in [5.74, 6) is 2.94. The average Bonchev–Trinajstić information content (AvgIpc) is 3.33. The number of esters is 1. The van der Waals surface area contributed by atoms with Gasteiger partial charge in [-0.25, -0.2) is 4.98 Å². The first kappa shape index (κ1) is 15.6. The monoisotopic (exact) mass is 399 g/mol.